The molecule has 3 N–H and O–H groups in total. The Morgan fingerprint density at radius 2 is 1.59 bits per heavy atom. The highest BCUT2D eigenvalue weighted by atomic mass is 16.4. The lowest BCUT2D eigenvalue weighted by molar-refractivity contribution is 0.102. The Balaban J connectivity index is 1.14. The molecule has 9 heteroatoms. The fourth-order valence-electron chi connectivity index (χ4n) is 4.61. The summed E-state index contributed by atoms with van der Waals surface area (Å²) in [7, 11) is 1.49. The number of nitrogens with zero attached hydrogens (tertiary/aromatic N) is 3. The number of furan rings is 1. The summed E-state index contributed by atoms with van der Waals surface area (Å²) in [6.07, 6.45) is 0.504. The van der Waals surface area contributed by atoms with Crippen LogP contribution in [0.15, 0.2) is 108 Å². The van der Waals surface area contributed by atoms with E-state index in [0.717, 1.165) is 44.4 Å². The summed E-state index contributed by atoms with van der Waals surface area (Å²) in [5.74, 6) is 0.359. The van der Waals surface area contributed by atoms with Gasteiger partial charge in [-0.05, 0) is 54.1 Å². The zero-order chi connectivity index (χ0) is 28.3. The minimum atomic E-state index is -1.01. The van der Waals surface area contributed by atoms with Crippen LogP contribution in [-0.2, 0) is 6.54 Å². The third-order valence-corrected chi connectivity index (χ3v) is 6.72. The van der Waals surface area contributed by atoms with E-state index >= 15 is 0 Å². The summed E-state index contributed by atoms with van der Waals surface area (Å²) in [5.41, 5.74) is 5.92. The van der Waals surface area contributed by atoms with Crippen molar-refractivity contribution in [3.8, 4) is 11.3 Å². The molecule has 41 heavy (non-hydrogen) atoms. The van der Waals surface area contributed by atoms with Crippen LogP contribution in [0.2, 0.25) is 0 Å². The second-order valence-electron chi connectivity index (χ2n) is 9.56. The summed E-state index contributed by atoms with van der Waals surface area (Å²) in [5, 5.41) is 17.3. The van der Waals surface area contributed by atoms with E-state index in [2.05, 4.69) is 20.6 Å². The lowest BCUT2D eigenvalue weighted by Crippen LogP contribution is -2.23. The highest BCUT2D eigenvalue weighted by molar-refractivity contribution is 6.09. The van der Waals surface area contributed by atoms with Gasteiger partial charge in [-0.25, -0.2) is 14.8 Å². The lowest BCUT2D eigenvalue weighted by atomic mass is 10.1. The summed E-state index contributed by atoms with van der Waals surface area (Å²) in [6.45, 7) is 0.245. The first kappa shape index (κ1) is 25.6. The molecule has 2 heterocycles. The van der Waals surface area contributed by atoms with Gasteiger partial charge in [0.25, 0.3) is 5.91 Å². The fourth-order valence-corrected chi connectivity index (χ4v) is 4.61. The lowest BCUT2D eigenvalue weighted by Gasteiger charge is -2.13. The first-order chi connectivity index (χ1) is 19.9. The molecule has 0 saturated heterocycles. The number of hydrogen-bond donors (Lipinski definition) is 3. The number of anilines is 3. The van der Waals surface area contributed by atoms with Crippen LogP contribution in [0.5, 0.6) is 0 Å². The topological polar surface area (TPSA) is 121 Å². The van der Waals surface area contributed by atoms with Gasteiger partial charge >= 0.3 is 6.09 Å². The second kappa shape index (κ2) is 10.8. The monoisotopic (exact) mass is 543 g/mol. The van der Waals surface area contributed by atoms with Crippen LogP contribution in [0.25, 0.3) is 33.2 Å². The molecule has 9 nitrogen and oxygen atoms in total. The van der Waals surface area contributed by atoms with Gasteiger partial charge in [-0.1, -0.05) is 42.5 Å². The minimum absolute atomic E-state index is 0.245. The smallest absolute Gasteiger partial charge is 0.407 e. The van der Waals surface area contributed by atoms with E-state index in [-0.39, 0.29) is 12.5 Å². The number of rotatable bonds is 7. The number of carboxylic acid groups (broad SMARTS) is 1. The number of nitrogens with one attached hydrogen (secondary N) is 2. The van der Waals surface area contributed by atoms with Gasteiger partial charge in [0.15, 0.2) is 0 Å². The van der Waals surface area contributed by atoms with Crippen molar-refractivity contribution in [1.82, 2.24) is 14.9 Å². The van der Waals surface area contributed by atoms with Crippen LogP contribution in [0.1, 0.15) is 15.9 Å². The Bertz CT molecular complexity index is 1880. The third kappa shape index (κ3) is 5.41. The molecular weight excluding hydrogens is 518 g/mol. The molecular formula is C32H25N5O4. The van der Waals surface area contributed by atoms with E-state index in [0.29, 0.717) is 17.1 Å². The molecule has 6 rings (SSSR count). The Morgan fingerprint density at radius 1 is 0.854 bits per heavy atom. The van der Waals surface area contributed by atoms with Gasteiger partial charge in [0, 0.05) is 52.9 Å². The average Bonchev–Trinajstić information content (AvgIpc) is 3.37. The number of fused-ring (bicyclic) bond motifs is 3. The standard InChI is InChI=1S/C32H25N5O4/c1-37(32(39)40)18-20-9-11-21(12-10-20)31(38)36-23-15-13-22(14-16-23)35-29-17-27(33-19-34-29)26-7-4-6-25-24-5-2-3-8-28(24)41-30(25)26/h2-17,19H,18H2,1H3,(H,36,38)(H,39,40)(H,33,34,35). The normalized spacial score (nSPS) is 11.0. The SMILES string of the molecule is CN(Cc1ccc(C(=O)Nc2ccc(Nc3cc(-c4cccc5c4oc4ccccc45)ncn3)cc2)cc1)C(=O)O. The summed E-state index contributed by atoms with van der Waals surface area (Å²) >= 11 is 0. The summed E-state index contributed by atoms with van der Waals surface area (Å²) in [6, 6.07) is 30.0. The minimum Gasteiger partial charge on any atom is -0.465 e. The quantitative estimate of drug-likeness (QED) is 0.196. The van der Waals surface area contributed by atoms with Crippen LogP contribution in [-0.4, -0.2) is 39.0 Å². The maximum absolute atomic E-state index is 12.7. The van der Waals surface area contributed by atoms with Gasteiger partial charge in [-0.2, -0.15) is 0 Å². The van der Waals surface area contributed by atoms with Crippen LogP contribution < -0.4 is 10.6 Å². The number of carbonyl (C=O) groups excluding carboxylic acids is 1. The molecule has 0 unspecified atom stereocenters. The molecule has 2 amide bonds. The van der Waals surface area contributed by atoms with Gasteiger partial charge < -0.3 is 25.1 Å². The Labute approximate surface area is 235 Å². The predicted octanol–water partition coefficient (Wildman–Crippen LogP) is 7.15. The van der Waals surface area contributed by atoms with Crippen molar-refractivity contribution in [2.24, 2.45) is 0 Å². The van der Waals surface area contributed by atoms with Crippen LogP contribution >= 0.6 is 0 Å². The number of para-hydroxylation sites is 2. The van der Waals surface area contributed by atoms with E-state index in [1.807, 2.05) is 60.7 Å². The van der Waals surface area contributed by atoms with E-state index in [9.17, 15) is 9.59 Å². The van der Waals surface area contributed by atoms with Gasteiger partial charge in [0.1, 0.15) is 23.3 Å². The maximum atomic E-state index is 12.7. The van der Waals surface area contributed by atoms with Crippen molar-refractivity contribution in [3.63, 3.8) is 0 Å². The largest absolute Gasteiger partial charge is 0.465 e. The molecule has 0 atom stereocenters. The molecule has 0 aliphatic rings. The third-order valence-electron chi connectivity index (χ3n) is 6.72. The molecule has 2 aromatic heterocycles. The molecule has 0 aliphatic heterocycles. The van der Waals surface area contributed by atoms with Crippen molar-refractivity contribution < 1.29 is 19.1 Å². The molecule has 0 bridgehead atoms. The van der Waals surface area contributed by atoms with Gasteiger partial charge in [0.2, 0.25) is 0 Å². The van der Waals surface area contributed by atoms with Crippen molar-refractivity contribution in [1.29, 1.82) is 0 Å². The maximum Gasteiger partial charge on any atom is 0.407 e. The number of aromatic nitrogens is 2. The van der Waals surface area contributed by atoms with Crippen molar-refractivity contribution in [3.05, 3.63) is 115 Å². The second-order valence-corrected chi connectivity index (χ2v) is 9.56. The van der Waals surface area contributed by atoms with Gasteiger partial charge in [-0.3, -0.25) is 4.79 Å². The highest BCUT2D eigenvalue weighted by Gasteiger charge is 2.14. The molecule has 4 aromatic carbocycles. The van der Waals surface area contributed by atoms with Crippen LogP contribution in [0.3, 0.4) is 0 Å². The van der Waals surface area contributed by atoms with E-state index in [4.69, 9.17) is 9.52 Å². The first-order valence-electron chi connectivity index (χ1n) is 12.9. The van der Waals surface area contributed by atoms with E-state index in [1.165, 1.54) is 18.3 Å². The molecule has 0 aliphatic carbocycles. The molecule has 0 fully saturated rings. The van der Waals surface area contributed by atoms with E-state index < -0.39 is 6.09 Å². The number of hydrogen-bond acceptors (Lipinski definition) is 6. The molecule has 6 aromatic rings. The number of amides is 2. The average molecular weight is 544 g/mol. The molecule has 202 valence electrons. The van der Waals surface area contributed by atoms with Crippen molar-refractivity contribution in [2.45, 2.75) is 6.54 Å². The van der Waals surface area contributed by atoms with Crippen molar-refractivity contribution in [2.75, 3.05) is 17.7 Å². The predicted molar refractivity (Wildman–Crippen MR) is 158 cm³/mol. The zero-order valence-corrected chi connectivity index (χ0v) is 22.0. The van der Waals surface area contributed by atoms with Crippen LogP contribution in [0.4, 0.5) is 22.0 Å². The molecule has 0 saturated carbocycles. The zero-order valence-electron chi connectivity index (χ0n) is 22.0. The Morgan fingerprint density at radius 3 is 2.37 bits per heavy atom. The Hall–Kier alpha value is -5.70. The van der Waals surface area contributed by atoms with E-state index in [1.54, 1.807) is 36.4 Å². The highest BCUT2D eigenvalue weighted by Crippen LogP contribution is 2.35. The van der Waals surface area contributed by atoms with Crippen molar-refractivity contribution >= 4 is 51.1 Å². The molecule has 0 spiro atoms. The van der Waals surface area contributed by atoms with Gasteiger partial charge in [-0.15, -0.1) is 0 Å². The summed E-state index contributed by atoms with van der Waals surface area (Å²) in [4.78, 5) is 33.7. The van der Waals surface area contributed by atoms with Crippen LogP contribution in [0, 0.1) is 0 Å². The summed E-state index contributed by atoms with van der Waals surface area (Å²) < 4.78 is 6.16. The number of benzene rings is 4. The van der Waals surface area contributed by atoms with Gasteiger partial charge in [0.05, 0.1) is 5.69 Å². The first-order valence-corrected chi connectivity index (χ1v) is 12.9. The number of carbonyl (C=O) groups is 2. The molecule has 0 radical (unpaired) electrons. The Kier molecular flexibility index (Phi) is 6.75. The fraction of sp³-hybridized carbons (Fsp3) is 0.0625.